The maximum atomic E-state index is 5.73. The van der Waals surface area contributed by atoms with E-state index < -0.39 is 0 Å². The van der Waals surface area contributed by atoms with Crippen molar-refractivity contribution in [3.8, 4) is 5.75 Å². The lowest BCUT2D eigenvalue weighted by Crippen LogP contribution is -1.94. The molecule has 2 aromatic rings. The maximum Gasteiger partial charge on any atom is 0.121 e. The van der Waals surface area contributed by atoms with E-state index >= 15 is 0 Å². The Kier molecular flexibility index (Phi) is 3.19. The third-order valence-electron chi connectivity index (χ3n) is 2.57. The summed E-state index contributed by atoms with van der Waals surface area (Å²) in [5.41, 5.74) is 9.58. The predicted molar refractivity (Wildman–Crippen MR) is 71.9 cm³/mol. The van der Waals surface area contributed by atoms with Crippen LogP contribution in [0.5, 0.6) is 5.75 Å². The highest BCUT2D eigenvalue weighted by Crippen LogP contribution is 2.24. The van der Waals surface area contributed by atoms with Crippen LogP contribution in [-0.2, 0) is 0 Å². The van der Waals surface area contributed by atoms with Gasteiger partial charge in [0.15, 0.2) is 0 Å². The number of benzene rings is 2. The molecule has 0 aliphatic carbocycles. The van der Waals surface area contributed by atoms with Crippen molar-refractivity contribution in [2.24, 2.45) is 0 Å². The molecule has 0 aliphatic rings. The average molecular weight is 228 g/mol. The normalized spacial score (nSPS) is 10.0. The third-order valence-corrected chi connectivity index (χ3v) is 2.57. The maximum absolute atomic E-state index is 5.73. The van der Waals surface area contributed by atoms with Gasteiger partial charge in [0, 0.05) is 17.1 Å². The largest absolute Gasteiger partial charge is 0.496 e. The second kappa shape index (κ2) is 4.78. The fraction of sp³-hybridized carbons (Fsp3) is 0.143. The van der Waals surface area contributed by atoms with Crippen molar-refractivity contribution in [3.05, 3.63) is 48.0 Å². The SMILES string of the molecule is COc1ccc(Nc2cccc(N)c2)cc1C. The summed E-state index contributed by atoms with van der Waals surface area (Å²) in [7, 11) is 1.67. The number of hydrogen-bond acceptors (Lipinski definition) is 3. The first-order valence-corrected chi connectivity index (χ1v) is 5.46. The highest BCUT2D eigenvalue weighted by molar-refractivity contribution is 5.64. The van der Waals surface area contributed by atoms with Crippen molar-refractivity contribution in [1.82, 2.24) is 0 Å². The standard InChI is InChI=1S/C14H16N2O/c1-10-8-13(6-7-14(10)17-2)16-12-5-3-4-11(15)9-12/h3-9,16H,15H2,1-2H3. The summed E-state index contributed by atoms with van der Waals surface area (Å²) in [6, 6.07) is 13.6. The molecule has 0 saturated carbocycles. The van der Waals surface area contributed by atoms with Crippen LogP contribution in [0.15, 0.2) is 42.5 Å². The second-order valence-electron chi connectivity index (χ2n) is 3.93. The van der Waals surface area contributed by atoms with Crippen molar-refractivity contribution in [2.45, 2.75) is 6.92 Å². The lowest BCUT2D eigenvalue weighted by atomic mass is 10.2. The monoisotopic (exact) mass is 228 g/mol. The molecule has 0 aliphatic heterocycles. The molecule has 0 amide bonds. The summed E-state index contributed by atoms with van der Waals surface area (Å²) < 4.78 is 5.22. The van der Waals surface area contributed by atoms with E-state index in [2.05, 4.69) is 5.32 Å². The van der Waals surface area contributed by atoms with Gasteiger partial charge in [-0.05, 0) is 48.9 Å². The molecule has 0 unspecified atom stereocenters. The minimum Gasteiger partial charge on any atom is -0.496 e. The van der Waals surface area contributed by atoms with Crippen LogP contribution >= 0.6 is 0 Å². The summed E-state index contributed by atoms with van der Waals surface area (Å²) in [6.07, 6.45) is 0. The molecule has 88 valence electrons. The number of ether oxygens (including phenoxy) is 1. The van der Waals surface area contributed by atoms with Crippen LogP contribution in [-0.4, -0.2) is 7.11 Å². The summed E-state index contributed by atoms with van der Waals surface area (Å²) >= 11 is 0. The van der Waals surface area contributed by atoms with Crippen LogP contribution in [0.2, 0.25) is 0 Å². The zero-order chi connectivity index (χ0) is 12.3. The number of methoxy groups -OCH3 is 1. The molecule has 0 aromatic heterocycles. The average Bonchev–Trinajstić information content (AvgIpc) is 2.29. The Hall–Kier alpha value is -2.16. The van der Waals surface area contributed by atoms with Crippen molar-refractivity contribution in [3.63, 3.8) is 0 Å². The minimum absolute atomic E-state index is 0.750. The van der Waals surface area contributed by atoms with Crippen LogP contribution in [0.3, 0.4) is 0 Å². The van der Waals surface area contributed by atoms with Gasteiger partial charge in [-0.2, -0.15) is 0 Å². The van der Waals surface area contributed by atoms with E-state index in [0.29, 0.717) is 0 Å². The lowest BCUT2D eigenvalue weighted by Gasteiger charge is -2.10. The Morgan fingerprint density at radius 3 is 2.47 bits per heavy atom. The highest BCUT2D eigenvalue weighted by Gasteiger charge is 2.00. The van der Waals surface area contributed by atoms with E-state index in [-0.39, 0.29) is 0 Å². The number of nitrogen functional groups attached to an aromatic ring is 1. The number of hydrogen-bond donors (Lipinski definition) is 2. The van der Waals surface area contributed by atoms with Gasteiger partial charge in [-0.25, -0.2) is 0 Å². The van der Waals surface area contributed by atoms with Gasteiger partial charge < -0.3 is 15.8 Å². The quantitative estimate of drug-likeness (QED) is 0.792. The van der Waals surface area contributed by atoms with Gasteiger partial charge in [0.2, 0.25) is 0 Å². The van der Waals surface area contributed by atoms with E-state index in [0.717, 1.165) is 28.4 Å². The van der Waals surface area contributed by atoms with Crippen molar-refractivity contribution in [2.75, 3.05) is 18.2 Å². The number of rotatable bonds is 3. The fourth-order valence-corrected chi connectivity index (χ4v) is 1.74. The van der Waals surface area contributed by atoms with Crippen LogP contribution in [0.25, 0.3) is 0 Å². The van der Waals surface area contributed by atoms with Gasteiger partial charge in [-0.15, -0.1) is 0 Å². The number of nitrogens with two attached hydrogens (primary N) is 1. The molecule has 17 heavy (non-hydrogen) atoms. The molecular weight excluding hydrogens is 212 g/mol. The Balaban J connectivity index is 2.22. The molecule has 0 spiro atoms. The zero-order valence-electron chi connectivity index (χ0n) is 10.0. The Morgan fingerprint density at radius 2 is 1.82 bits per heavy atom. The zero-order valence-corrected chi connectivity index (χ0v) is 10.0. The molecule has 2 rings (SSSR count). The summed E-state index contributed by atoms with van der Waals surface area (Å²) in [5, 5.41) is 3.30. The Bertz CT molecular complexity index is 523. The fourth-order valence-electron chi connectivity index (χ4n) is 1.74. The first-order chi connectivity index (χ1) is 8.19. The van der Waals surface area contributed by atoms with Crippen molar-refractivity contribution >= 4 is 17.1 Å². The van der Waals surface area contributed by atoms with Gasteiger partial charge in [0.05, 0.1) is 7.11 Å². The molecule has 0 bridgehead atoms. The molecule has 3 N–H and O–H groups in total. The minimum atomic E-state index is 0.750. The number of nitrogens with one attached hydrogen (secondary N) is 1. The topological polar surface area (TPSA) is 47.3 Å². The predicted octanol–water partition coefficient (Wildman–Crippen LogP) is 3.33. The Labute approximate surface area is 101 Å². The molecular formula is C14H16N2O. The van der Waals surface area contributed by atoms with Gasteiger partial charge in [0.25, 0.3) is 0 Å². The molecule has 3 heteroatoms. The van der Waals surface area contributed by atoms with Crippen LogP contribution in [0.4, 0.5) is 17.1 Å². The van der Waals surface area contributed by atoms with Crippen molar-refractivity contribution in [1.29, 1.82) is 0 Å². The van der Waals surface area contributed by atoms with Gasteiger partial charge in [0.1, 0.15) is 5.75 Å². The van der Waals surface area contributed by atoms with Gasteiger partial charge >= 0.3 is 0 Å². The molecule has 0 fully saturated rings. The molecule has 2 aromatic carbocycles. The number of aryl methyl sites for hydroxylation is 1. The first kappa shape index (κ1) is 11.3. The third kappa shape index (κ3) is 2.69. The summed E-state index contributed by atoms with van der Waals surface area (Å²) in [6.45, 7) is 2.02. The lowest BCUT2D eigenvalue weighted by molar-refractivity contribution is 0.412. The van der Waals surface area contributed by atoms with E-state index in [4.69, 9.17) is 10.5 Å². The van der Waals surface area contributed by atoms with E-state index in [1.54, 1.807) is 7.11 Å². The van der Waals surface area contributed by atoms with Crippen LogP contribution in [0.1, 0.15) is 5.56 Å². The molecule has 0 heterocycles. The highest BCUT2D eigenvalue weighted by atomic mass is 16.5. The number of anilines is 3. The van der Waals surface area contributed by atoms with Gasteiger partial charge in [-0.3, -0.25) is 0 Å². The smallest absolute Gasteiger partial charge is 0.121 e. The first-order valence-electron chi connectivity index (χ1n) is 5.46. The van der Waals surface area contributed by atoms with Crippen LogP contribution < -0.4 is 15.8 Å². The van der Waals surface area contributed by atoms with E-state index in [1.165, 1.54) is 0 Å². The molecule has 0 radical (unpaired) electrons. The van der Waals surface area contributed by atoms with Gasteiger partial charge in [-0.1, -0.05) is 6.07 Å². The van der Waals surface area contributed by atoms with Crippen molar-refractivity contribution < 1.29 is 4.74 Å². The Morgan fingerprint density at radius 1 is 1.06 bits per heavy atom. The second-order valence-corrected chi connectivity index (χ2v) is 3.93. The molecule has 3 nitrogen and oxygen atoms in total. The molecule has 0 atom stereocenters. The summed E-state index contributed by atoms with van der Waals surface area (Å²) in [5.74, 6) is 0.892. The van der Waals surface area contributed by atoms with E-state index in [9.17, 15) is 0 Å². The van der Waals surface area contributed by atoms with Crippen LogP contribution in [0, 0.1) is 6.92 Å². The molecule has 0 saturated heterocycles. The summed E-state index contributed by atoms with van der Waals surface area (Å²) in [4.78, 5) is 0. The van der Waals surface area contributed by atoms with E-state index in [1.807, 2.05) is 49.4 Å².